The van der Waals surface area contributed by atoms with E-state index in [0.717, 1.165) is 19.6 Å². The van der Waals surface area contributed by atoms with Gasteiger partial charge in [0.15, 0.2) is 5.78 Å². The summed E-state index contributed by atoms with van der Waals surface area (Å²) in [7, 11) is 0. The Hall–Kier alpha value is -1.26. The van der Waals surface area contributed by atoms with Crippen LogP contribution in [0.2, 0.25) is 0 Å². The molecule has 92 valence electrons. The van der Waals surface area contributed by atoms with Crippen LogP contribution in [0.5, 0.6) is 0 Å². The molecule has 0 radical (unpaired) electrons. The fourth-order valence-electron chi connectivity index (χ4n) is 2.03. The number of hydrogen-bond donors (Lipinski definition) is 1. The molecule has 1 aliphatic rings. The monoisotopic (exact) mass is 236 g/mol. The minimum Gasteiger partial charge on any atom is -0.314 e. The van der Waals surface area contributed by atoms with Crippen LogP contribution in [0.15, 0.2) is 24.3 Å². The molecule has 0 amide bonds. The molecule has 1 atom stereocenters. The molecule has 0 saturated carbocycles. The van der Waals surface area contributed by atoms with Gasteiger partial charge in [0, 0.05) is 31.2 Å². The molecule has 2 rings (SSSR count). The predicted octanol–water partition coefficient (Wildman–Crippen LogP) is 1.30. The van der Waals surface area contributed by atoms with Gasteiger partial charge in [0.1, 0.15) is 5.82 Å². The van der Waals surface area contributed by atoms with Crippen LogP contribution in [0, 0.1) is 5.82 Å². The number of carbonyl (C=O) groups is 1. The first-order valence-electron chi connectivity index (χ1n) is 5.90. The predicted molar refractivity (Wildman–Crippen MR) is 64.6 cm³/mol. The van der Waals surface area contributed by atoms with Gasteiger partial charge in [0.25, 0.3) is 0 Å². The van der Waals surface area contributed by atoms with Crippen LogP contribution in [0.4, 0.5) is 4.39 Å². The van der Waals surface area contributed by atoms with Gasteiger partial charge in [-0.25, -0.2) is 4.39 Å². The first-order chi connectivity index (χ1) is 8.16. The van der Waals surface area contributed by atoms with Gasteiger partial charge in [-0.2, -0.15) is 0 Å². The van der Waals surface area contributed by atoms with E-state index in [1.165, 1.54) is 12.1 Å². The molecule has 0 aliphatic carbocycles. The van der Waals surface area contributed by atoms with Crippen molar-refractivity contribution in [3.63, 3.8) is 0 Å². The number of carbonyl (C=O) groups excluding carboxylic acids is 1. The Morgan fingerprint density at radius 1 is 1.47 bits per heavy atom. The topological polar surface area (TPSA) is 32.3 Å². The second-order valence-corrected chi connectivity index (χ2v) is 4.45. The number of halogens is 1. The Kier molecular flexibility index (Phi) is 3.86. The fraction of sp³-hybridized carbons (Fsp3) is 0.462. The minimum atomic E-state index is -0.308. The van der Waals surface area contributed by atoms with Gasteiger partial charge in [-0.05, 0) is 31.2 Å². The minimum absolute atomic E-state index is 0.0544. The van der Waals surface area contributed by atoms with Crippen LogP contribution in [-0.2, 0) is 0 Å². The molecule has 4 heteroatoms. The third kappa shape index (κ3) is 3.11. The Morgan fingerprint density at radius 3 is 2.82 bits per heavy atom. The maximum Gasteiger partial charge on any atom is 0.176 e. The second kappa shape index (κ2) is 5.38. The van der Waals surface area contributed by atoms with Gasteiger partial charge >= 0.3 is 0 Å². The largest absolute Gasteiger partial charge is 0.314 e. The van der Waals surface area contributed by atoms with E-state index in [2.05, 4.69) is 17.1 Å². The number of nitrogens with one attached hydrogen (secondary N) is 1. The SMILES string of the molecule is CC1CNCCN1CC(=O)c1ccc(F)cc1. The first kappa shape index (κ1) is 12.2. The Morgan fingerprint density at radius 2 is 2.18 bits per heavy atom. The van der Waals surface area contributed by atoms with Crippen molar-refractivity contribution in [1.82, 2.24) is 10.2 Å². The quantitative estimate of drug-likeness (QED) is 0.803. The first-order valence-corrected chi connectivity index (χ1v) is 5.90. The number of rotatable bonds is 3. The van der Waals surface area contributed by atoms with Crippen LogP contribution in [0.1, 0.15) is 17.3 Å². The number of ketones is 1. The molecular formula is C13H17FN2O. The second-order valence-electron chi connectivity index (χ2n) is 4.45. The summed E-state index contributed by atoms with van der Waals surface area (Å²) in [4.78, 5) is 14.1. The molecule has 0 aromatic heterocycles. The van der Waals surface area contributed by atoms with Crippen LogP contribution in [0.3, 0.4) is 0 Å². The number of nitrogens with zero attached hydrogens (tertiary/aromatic N) is 1. The standard InChI is InChI=1S/C13H17FN2O/c1-10-8-15-6-7-16(10)9-13(17)11-2-4-12(14)5-3-11/h2-5,10,15H,6-9H2,1H3. The fourth-order valence-corrected chi connectivity index (χ4v) is 2.03. The molecule has 1 aromatic rings. The van der Waals surface area contributed by atoms with Crippen LogP contribution >= 0.6 is 0 Å². The highest BCUT2D eigenvalue weighted by Crippen LogP contribution is 2.08. The summed E-state index contributed by atoms with van der Waals surface area (Å²) in [5.41, 5.74) is 0.581. The van der Waals surface area contributed by atoms with Crippen molar-refractivity contribution in [2.24, 2.45) is 0 Å². The highest BCUT2D eigenvalue weighted by molar-refractivity contribution is 5.97. The normalized spacial score (nSPS) is 21.4. The molecule has 3 nitrogen and oxygen atoms in total. The summed E-state index contributed by atoms with van der Waals surface area (Å²) < 4.78 is 12.7. The van der Waals surface area contributed by atoms with Crippen molar-refractivity contribution in [2.45, 2.75) is 13.0 Å². The van der Waals surface area contributed by atoms with Gasteiger partial charge in [-0.1, -0.05) is 0 Å². The van der Waals surface area contributed by atoms with E-state index >= 15 is 0 Å². The molecule has 1 fully saturated rings. The van der Waals surface area contributed by atoms with Gasteiger partial charge in [-0.15, -0.1) is 0 Å². The van der Waals surface area contributed by atoms with E-state index in [0.29, 0.717) is 18.2 Å². The lowest BCUT2D eigenvalue weighted by molar-refractivity contribution is 0.0875. The molecule has 0 bridgehead atoms. The molecule has 0 spiro atoms. The summed E-state index contributed by atoms with van der Waals surface area (Å²) in [5.74, 6) is -0.254. The highest BCUT2D eigenvalue weighted by Gasteiger charge is 2.20. The smallest absolute Gasteiger partial charge is 0.176 e. The van der Waals surface area contributed by atoms with Gasteiger partial charge < -0.3 is 5.32 Å². The van der Waals surface area contributed by atoms with E-state index in [1.54, 1.807) is 12.1 Å². The lowest BCUT2D eigenvalue weighted by Gasteiger charge is -2.33. The number of benzene rings is 1. The van der Waals surface area contributed by atoms with Crippen molar-refractivity contribution >= 4 is 5.78 Å². The molecule has 1 aromatic carbocycles. The lowest BCUT2D eigenvalue weighted by atomic mass is 10.1. The van der Waals surface area contributed by atoms with Crippen molar-refractivity contribution in [2.75, 3.05) is 26.2 Å². The molecule has 1 unspecified atom stereocenters. The average Bonchev–Trinajstić information content (AvgIpc) is 2.33. The number of hydrogen-bond acceptors (Lipinski definition) is 3. The maximum atomic E-state index is 12.7. The molecule has 1 aliphatic heterocycles. The van der Waals surface area contributed by atoms with Gasteiger partial charge in [0.05, 0.1) is 6.54 Å². The number of Topliss-reactive ketones (excluding diaryl/α,β-unsaturated/α-hetero) is 1. The zero-order valence-electron chi connectivity index (χ0n) is 9.95. The number of piperazine rings is 1. The average molecular weight is 236 g/mol. The van der Waals surface area contributed by atoms with E-state index < -0.39 is 0 Å². The van der Waals surface area contributed by atoms with Crippen molar-refractivity contribution < 1.29 is 9.18 Å². The van der Waals surface area contributed by atoms with Crippen molar-refractivity contribution in [3.8, 4) is 0 Å². The third-order valence-electron chi connectivity index (χ3n) is 3.15. The Balaban J connectivity index is 1.98. The molecular weight excluding hydrogens is 219 g/mol. The molecule has 1 saturated heterocycles. The zero-order valence-corrected chi connectivity index (χ0v) is 9.95. The van der Waals surface area contributed by atoms with E-state index in [4.69, 9.17) is 0 Å². The van der Waals surface area contributed by atoms with Crippen molar-refractivity contribution in [3.05, 3.63) is 35.6 Å². The van der Waals surface area contributed by atoms with Gasteiger partial charge in [0.2, 0.25) is 0 Å². The summed E-state index contributed by atoms with van der Waals surface area (Å²) in [5, 5.41) is 3.28. The lowest BCUT2D eigenvalue weighted by Crippen LogP contribution is -2.51. The van der Waals surface area contributed by atoms with E-state index in [9.17, 15) is 9.18 Å². The van der Waals surface area contributed by atoms with Crippen LogP contribution in [0.25, 0.3) is 0 Å². The highest BCUT2D eigenvalue weighted by atomic mass is 19.1. The summed E-state index contributed by atoms with van der Waals surface area (Å²) in [6, 6.07) is 6.12. The Labute approximate surface area is 101 Å². The van der Waals surface area contributed by atoms with Crippen LogP contribution in [-0.4, -0.2) is 42.9 Å². The van der Waals surface area contributed by atoms with Crippen molar-refractivity contribution in [1.29, 1.82) is 0 Å². The molecule has 1 N–H and O–H groups in total. The summed E-state index contributed by atoms with van der Waals surface area (Å²) in [6.45, 7) is 5.23. The van der Waals surface area contributed by atoms with E-state index in [-0.39, 0.29) is 11.6 Å². The molecule has 17 heavy (non-hydrogen) atoms. The van der Waals surface area contributed by atoms with Gasteiger partial charge in [-0.3, -0.25) is 9.69 Å². The summed E-state index contributed by atoms with van der Waals surface area (Å²) in [6.07, 6.45) is 0. The Bertz CT molecular complexity index is 391. The van der Waals surface area contributed by atoms with Crippen LogP contribution < -0.4 is 5.32 Å². The zero-order chi connectivity index (χ0) is 12.3. The summed E-state index contributed by atoms with van der Waals surface area (Å²) >= 11 is 0. The maximum absolute atomic E-state index is 12.7. The molecule has 1 heterocycles. The van der Waals surface area contributed by atoms with E-state index in [1.807, 2.05) is 0 Å². The third-order valence-corrected chi connectivity index (χ3v) is 3.15.